The predicted molar refractivity (Wildman–Crippen MR) is 86.0 cm³/mol. The van der Waals surface area contributed by atoms with Crippen LogP contribution in [-0.4, -0.2) is 19.1 Å². The lowest BCUT2D eigenvalue weighted by molar-refractivity contribution is 1.37. The molecule has 0 aliphatic rings. The Hall–Kier alpha value is -2.62. The van der Waals surface area contributed by atoms with Crippen molar-refractivity contribution in [3.05, 3.63) is 59.2 Å². The molecule has 4 nitrogen and oxygen atoms in total. The zero-order chi connectivity index (χ0) is 14.5. The van der Waals surface area contributed by atoms with Gasteiger partial charge in [-0.3, -0.25) is 4.99 Å². The van der Waals surface area contributed by atoms with Crippen LogP contribution in [-0.2, 0) is 0 Å². The van der Waals surface area contributed by atoms with Crippen LogP contribution >= 0.6 is 0 Å². The maximum Gasteiger partial charge on any atom is 0.132 e. The summed E-state index contributed by atoms with van der Waals surface area (Å²) in [7, 11) is 1.75. The van der Waals surface area contributed by atoms with Gasteiger partial charge < -0.3 is 16.5 Å². The topological polar surface area (TPSA) is 74.3 Å². The van der Waals surface area contributed by atoms with Crippen molar-refractivity contribution < 1.29 is 0 Å². The fourth-order valence-corrected chi connectivity index (χ4v) is 2.00. The van der Waals surface area contributed by atoms with Crippen molar-refractivity contribution in [1.29, 1.82) is 5.41 Å². The summed E-state index contributed by atoms with van der Waals surface area (Å²) in [5.74, 6) is 0.795. The Labute approximate surface area is 118 Å². The number of benzene rings is 2. The van der Waals surface area contributed by atoms with E-state index in [1.54, 1.807) is 13.1 Å². The van der Waals surface area contributed by atoms with Crippen LogP contribution in [0.3, 0.4) is 0 Å². The van der Waals surface area contributed by atoms with Crippen LogP contribution in [0.5, 0.6) is 0 Å². The second kappa shape index (κ2) is 6.02. The highest BCUT2D eigenvalue weighted by atomic mass is 15.0. The average molecular weight is 266 g/mol. The molecule has 0 saturated heterocycles. The molecule has 0 radical (unpaired) electrons. The van der Waals surface area contributed by atoms with E-state index in [1.165, 1.54) is 6.21 Å². The number of hydrogen-bond donors (Lipinski definition) is 3. The summed E-state index contributed by atoms with van der Waals surface area (Å²) in [6, 6.07) is 13.6. The molecule has 0 spiro atoms. The zero-order valence-electron chi connectivity index (χ0n) is 11.6. The quantitative estimate of drug-likeness (QED) is 0.454. The molecule has 2 aromatic carbocycles. The van der Waals surface area contributed by atoms with Crippen LogP contribution in [0, 0.1) is 12.3 Å². The van der Waals surface area contributed by atoms with Gasteiger partial charge in [-0.15, -0.1) is 0 Å². The first kappa shape index (κ1) is 13.8. The monoisotopic (exact) mass is 266 g/mol. The Morgan fingerprint density at radius 1 is 1.25 bits per heavy atom. The maximum absolute atomic E-state index is 7.34. The van der Waals surface area contributed by atoms with E-state index in [4.69, 9.17) is 11.1 Å². The van der Waals surface area contributed by atoms with Gasteiger partial charge in [0.2, 0.25) is 0 Å². The molecule has 4 heteroatoms. The van der Waals surface area contributed by atoms with Crippen LogP contribution in [0.25, 0.3) is 0 Å². The Kier molecular flexibility index (Phi) is 4.15. The van der Waals surface area contributed by atoms with Crippen molar-refractivity contribution >= 4 is 23.4 Å². The van der Waals surface area contributed by atoms with E-state index in [0.717, 1.165) is 22.6 Å². The van der Waals surface area contributed by atoms with E-state index in [2.05, 4.69) is 10.3 Å². The lowest BCUT2D eigenvalue weighted by atomic mass is 10.1. The molecule has 2 rings (SSSR count). The van der Waals surface area contributed by atoms with Crippen LogP contribution in [0.2, 0.25) is 0 Å². The fraction of sp³-hybridized carbons (Fsp3) is 0.125. The van der Waals surface area contributed by atoms with Crippen LogP contribution in [0.1, 0.15) is 16.7 Å². The third kappa shape index (κ3) is 2.85. The number of aliphatic imine (C=N–C) groups is 1. The fourth-order valence-electron chi connectivity index (χ4n) is 2.00. The van der Waals surface area contributed by atoms with E-state index >= 15 is 0 Å². The van der Waals surface area contributed by atoms with Gasteiger partial charge in [0, 0.05) is 35.8 Å². The lowest BCUT2D eigenvalue weighted by Gasteiger charge is -2.13. The summed E-state index contributed by atoms with van der Waals surface area (Å²) in [4.78, 5) is 4.31. The normalized spacial score (nSPS) is 11.2. The summed E-state index contributed by atoms with van der Waals surface area (Å²) < 4.78 is 0. The Morgan fingerprint density at radius 2 is 2.00 bits per heavy atom. The minimum Gasteiger partial charge on any atom is -0.398 e. The molecule has 0 aromatic heterocycles. The van der Waals surface area contributed by atoms with Crippen LogP contribution in [0.4, 0.5) is 11.4 Å². The first-order valence-corrected chi connectivity index (χ1v) is 6.35. The molecule has 0 amide bonds. The van der Waals surface area contributed by atoms with Gasteiger partial charge in [0.05, 0.1) is 0 Å². The second-order valence-electron chi connectivity index (χ2n) is 4.50. The van der Waals surface area contributed by atoms with Gasteiger partial charge in [0.25, 0.3) is 0 Å². The van der Waals surface area contributed by atoms with Crippen molar-refractivity contribution in [2.45, 2.75) is 6.92 Å². The van der Waals surface area contributed by atoms with Gasteiger partial charge >= 0.3 is 0 Å². The number of nitrogens with two attached hydrogens (primary N) is 1. The third-order valence-corrected chi connectivity index (χ3v) is 3.13. The molecule has 0 bridgehead atoms. The Morgan fingerprint density at radius 3 is 2.65 bits per heavy atom. The number of aryl methyl sites for hydroxylation is 1. The maximum atomic E-state index is 7.34. The molecular formula is C16H18N4. The van der Waals surface area contributed by atoms with Gasteiger partial charge in [-0.1, -0.05) is 24.3 Å². The van der Waals surface area contributed by atoms with E-state index < -0.39 is 0 Å². The molecular weight excluding hydrogens is 248 g/mol. The number of rotatable bonds is 3. The summed E-state index contributed by atoms with van der Waals surface area (Å²) in [5.41, 5.74) is 10.2. The number of hydrogen-bond acceptors (Lipinski definition) is 3. The summed E-state index contributed by atoms with van der Waals surface area (Å²) >= 11 is 0. The minimum atomic E-state index is 0.594. The first-order chi connectivity index (χ1) is 9.65. The molecule has 0 heterocycles. The number of nitrogens with one attached hydrogen (secondary N) is 2. The summed E-state index contributed by atoms with van der Waals surface area (Å²) in [5, 5.41) is 10.6. The van der Waals surface area contributed by atoms with Gasteiger partial charge in [0.1, 0.15) is 5.84 Å². The molecule has 0 aliphatic carbocycles. The standard InChI is InChI=1S/C16H18N4/c1-11-5-3-4-6-14(11)16(19-2)20-13-7-8-15(18)12(9-13)10-17/h3-10,17H,18H2,1-2H3,(H,19,20). The largest absolute Gasteiger partial charge is 0.398 e. The Balaban J connectivity index is 2.32. The van der Waals surface area contributed by atoms with Crippen molar-refractivity contribution in [3.63, 3.8) is 0 Å². The molecule has 102 valence electrons. The summed E-state index contributed by atoms with van der Waals surface area (Å²) in [6.07, 6.45) is 1.25. The molecule has 0 aliphatic heterocycles. The zero-order valence-corrected chi connectivity index (χ0v) is 11.6. The first-order valence-electron chi connectivity index (χ1n) is 6.35. The van der Waals surface area contributed by atoms with E-state index in [0.29, 0.717) is 11.3 Å². The SMILES string of the molecule is CN=C(Nc1ccc(N)c(C=N)c1)c1ccccc1C. The average Bonchev–Trinajstić information content (AvgIpc) is 2.47. The molecule has 0 atom stereocenters. The molecule has 0 saturated carbocycles. The third-order valence-electron chi connectivity index (χ3n) is 3.13. The van der Waals surface area contributed by atoms with E-state index in [-0.39, 0.29) is 0 Å². The van der Waals surface area contributed by atoms with Gasteiger partial charge in [-0.25, -0.2) is 0 Å². The predicted octanol–water partition coefficient (Wildman–Crippen LogP) is 3.06. The van der Waals surface area contributed by atoms with Crippen molar-refractivity contribution in [2.24, 2.45) is 4.99 Å². The van der Waals surface area contributed by atoms with Crippen molar-refractivity contribution in [3.8, 4) is 0 Å². The van der Waals surface area contributed by atoms with Crippen LogP contribution in [0.15, 0.2) is 47.5 Å². The number of amidine groups is 1. The highest BCUT2D eigenvalue weighted by Gasteiger charge is 2.07. The Bertz CT molecular complexity index is 659. The number of nitrogen functional groups attached to an aromatic ring is 1. The highest BCUT2D eigenvalue weighted by Crippen LogP contribution is 2.18. The molecule has 2 aromatic rings. The molecule has 20 heavy (non-hydrogen) atoms. The summed E-state index contributed by atoms with van der Waals surface area (Å²) in [6.45, 7) is 2.05. The highest BCUT2D eigenvalue weighted by molar-refractivity contribution is 6.09. The molecule has 0 fully saturated rings. The van der Waals surface area contributed by atoms with Crippen LogP contribution < -0.4 is 11.1 Å². The van der Waals surface area contributed by atoms with Gasteiger partial charge in [-0.2, -0.15) is 0 Å². The smallest absolute Gasteiger partial charge is 0.132 e. The van der Waals surface area contributed by atoms with Crippen molar-refractivity contribution in [2.75, 3.05) is 18.1 Å². The van der Waals surface area contributed by atoms with Gasteiger partial charge in [-0.05, 0) is 30.7 Å². The van der Waals surface area contributed by atoms with E-state index in [9.17, 15) is 0 Å². The number of nitrogens with zero attached hydrogens (tertiary/aromatic N) is 1. The molecule has 0 unspecified atom stereocenters. The lowest BCUT2D eigenvalue weighted by Crippen LogP contribution is -2.15. The molecule has 4 N–H and O–H groups in total. The second-order valence-corrected chi connectivity index (χ2v) is 4.50. The minimum absolute atomic E-state index is 0.594. The van der Waals surface area contributed by atoms with Gasteiger partial charge in [0.15, 0.2) is 0 Å². The number of anilines is 2. The van der Waals surface area contributed by atoms with E-state index in [1.807, 2.05) is 43.3 Å². The van der Waals surface area contributed by atoms with Crippen molar-refractivity contribution in [1.82, 2.24) is 0 Å².